The van der Waals surface area contributed by atoms with Crippen LogP contribution in [-0.2, 0) is 4.79 Å². The number of fused-ring (bicyclic) bond motifs is 1. The van der Waals surface area contributed by atoms with Gasteiger partial charge in [-0.05, 0) is 55.0 Å². The fourth-order valence-electron chi connectivity index (χ4n) is 4.40. The van der Waals surface area contributed by atoms with Gasteiger partial charge in [0.1, 0.15) is 5.82 Å². The highest BCUT2D eigenvalue weighted by atomic mass is 19.3. The summed E-state index contributed by atoms with van der Waals surface area (Å²) in [7, 11) is 0. The SMILES string of the molecule is CC(C(=O)Nc1ccc2cc(C3CC3)cnc2n1)N1CCC(F)(F)[C@@H](c2ccc(=O)[nH]c2)C1. The fraction of sp³-hybridized carbons (Fsp3) is 0.417. The number of anilines is 1. The molecule has 1 unspecified atom stereocenters. The van der Waals surface area contributed by atoms with Crippen molar-refractivity contribution >= 4 is 22.8 Å². The molecule has 9 heteroatoms. The van der Waals surface area contributed by atoms with Crippen LogP contribution in [0, 0.1) is 0 Å². The van der Waals surface area contributed by atoms with Crippen molar-refractivity contribution in [3.05, 3.63) is 64.2 Å². The summed E-state index contributed by atoms with van der Waals surface area (Å²) in [6.45, 7) is 1.80. The first-order valence-corrected chi connectivity index (χ1v) is 11.2. The van der Waals surface area contributed by atoms with Crippen LogP contribution in [0.2, 0.25) is 0 Å². The second kappa shape index (κ2) is 8.30. The van der Waals surface area contributed by atoms with Gasteiger partial charge in [0, 0.05) is 43.4 Å². The molecule has 3 aromatic rings. The van der Waals surface area contributed by atoms with E-state index < -0.39 is 17.9 Å². The lowest BCUT2D eigenvalue weighted by atomic mass is 9.87. The Hall–Kier alpha value is -3.20. The highest BCUT2D eigenvalue weighted by Gasteiger charge is 2.46. The molecule has 1 saturated heterocycles. The predicted molar refractivity (Wildman–Crippen MR) is 121 cm³/mol. The topological polar surface area (TPSA) is 91.0 Å². The molecule has 3 aromatic heterocycles. The minimum atomic E-state index is -2.92. The Labute approximate surface area is 189 Å². The Morgan fingerprint density at radius 1 is 1.24 bits per heavy atom. The number of carbonyl (C=O) groups excluding carboxylic acids is 1. The zero-order chi connectivity index (χ0) is 23.2. The lowest BCUT2D eigenvalue weighted by molar-refractivity contribution is -0.125. The number of aromatic nitrogens is 3. The van der Waals surface area contributed by atoms with Gasteiger partial charge in [-0.1, -0.05) is 6.07 Å². The lowest BCUT2D eigenvalue weighted by Gasteiger charge is -2.40. The van der Waals surface area contributed by atoms with Crippen LogP contribution in [0.4, 0.5) is 14.6 Å². The summed E-state index contributed by atoms with van der Waals surface area (Å²) in [4.78, 5) is 37.3. The highest BCUT2D eigenvalue weighted by molar-refractivity contribution is 5.94. The van der Waals surface area contributed by atoms with Crippen LogP contribution in [0.15, 0.2) is 47.5 Å². The van der Waals surface area contributed by atoms with Crippen LogP contribution in [-0.4, -0.2) is 50.8 Å². The monoisotopic (exact) mass is 453 g/mol. The third-order valence-corrected chi connectivity index (χ3v) is 6.66. The molecule has 4 heterocycles. The Morgan fingerprint density at radius 2 is 2.06 bits per heavy atom. The minimum Gasteiger partial charge on any atom is -0.329 e. The van der Waals surface area contributed by atoms with Gasteiger partial charge in [0.05, 0.1) is 12.0 Å². The number of nitrogens with zero attached hydrogens (tertiary/aromatic N) is 3. The van der Waals surface area contributed by atoms with E-state index in [9.17, 15) is 18.4 Å². The number of hydrogen-bond donors (Lipinski definition) is 2. The van der Waals surface area contributed by atoms with Gasteiger partial charge in [-0.25, -0.2) is 18.7 Å². The number of rotatable bonds is 5. The van der Waals surface area contributed by atoms with Gasteiger partial charge in [0.2, 0.25) is 11.5 Å². The molecule has 5 rings (SSSR count). The molecule has 7 nitrogen and oxygen atoms in total. The first kappa shape index (κ1) is 21.6. The number of H-pyrrole nitrogens is 1. The second-order valence-electron chi connectivity index (χ2n) is 9.00. The van der Waals surface area contributed by atoms with Crippen molar-refractivity contribution in [2.45, 2.75) is 50.0 Å². The Morgan fingerprint density at radius 3 is 2.79 bits per heavy atom. The molecule has 1 saturated carbocycles. The van der Waals surface area contributed by atoms with Gasteiger partial charge >= 0.3 is 0 Å². The largest absolute Gasteiger partial charge is 0.329 e. The number of pyridine rings is 3. The fourth-order valence-corrected chi connectivity index (χ4v) is 4.40. The second-order valence-corrected chi connectivity index (χ2v) is 9.00. The number of halogens is 2. The van der Waals surface area contributed by atoms with Crippen LogP contribution in [0.25, 0.3) is 11.0 Å². The maximum absolute atomic E-state index is 14.6. The van der Waals surface area contributed by atoms with Crippen molar-refractivity contribution < 1.29 is 13.6 Å². The van der Waals surface area contributed by atoms with Gasteiger partial charge < -0.3 is 10.3 Å². The molecule has 1 aliphatic carbocycles. The van der Waals surface area contributed by atoms with Crippen LogP contribution < -0.4 is 10.9 Å². The van der Waals surface area contributed by atoms with Crippen LogP contribution >= 0.6 is 0 Å². The summed E-state index contributed by atoms with van der Waals surface area (Å²) in [5, 5.41) is 3.72. The molecule has 33 heavy (non-hydrogen) atoms. The molecule has 172 valence electrons. The van der Waals surface area contributed by atoms with Gasteiger partial charge in [0.15, 0.2) is 5.65 Å². The zero-order valence-electron chi connectivity index (χ0n) is 18.2. The van der Waals surface area contributed by atoms with Crippen molar-refractivity contribution in [2.24, 2.45) is 0 Å². The van der Waals surface area contributed by atoms with E-state index in [1.165, 1.54) is 36.7 Å². The van der Waals surface area contributed by atoms with E-state index in [-0.39, 0.29) is 31.0 Å². The molecular weight excluding hydrogens is 428 g/mol. The molecule has 2 N–H and O–H groups in total. The molecular formula is C24H25F2N5O2. The van der Waals surface area contributed by atoms with E-state index in [1.54, 1.807) is 17.9 Å². The van der Waals surface area contributed by atoms with Crippen LogP contribution in [0.5, 0.6) is 0 Å². The first-order valence-electron chi connectivity index (χ1n) is 11.2. The molecule has 0 bridgehead atoms. The van der Waals surface area contributed by atoms with Crippen molar-refractivity contribution in [2.75, 3.05) is 18.4 Å². The molecule has 0 spiro atoms. The van der Waals surface area contributed by atoms with Crippen molar-refractivity contribution in [3.63, 3.8) is 0 Å². The van der Waals surface area contributed by atoms with E-state index in [0.29, 0.717) is 22.9 Å². The number of aromatic amines is 1. The van der Waals surface area contributed by atoms with E-state index in [1.807, 2.05) is 12.3 Å². The number of amides is 1. The first-order chi connectivity index (χ1) is 15.8. The van der Waals surface area contributed by atoms with Crippen LogP contribution in [0.3, 0.4) is 0 Å². The summed E-state index contributed by atoms with van der Waals surface area (Å²) in [6.07, 6.45) is 5.19. The van der Waals surface area contributed by atoms with Crippen molar-refractivity contribution in [3.8, 4) is 0 Å². The summed E-state index contributed by atoms with van der Waals surface area (Å²) < 4.78 is 29.3. The van der Waals surface area contributed by atoms with E-state index in [2.05, 4.69) is 26.3 Å². The maximum Gasteiger partial charge on any atom is 0.257 e. The summed E-state index contributed by atoms with van der Waals surface area (Å²) in [5.41, 5.74) is 1.78. The molecule has 1 amide bonds. The summed E-state index contributed by atoms with van der Waals surface area (Å²) >= 11 is 0. The number of likely N-dealkylation sites (tertiary alicyclic amines) is 1. The Kier molecular flexibility index (Phi) is 5.44. The zero-order valence-corrected chi connectivity index (χ0v) is 18.2. The molecule has 0 radical (unpaired) electrons. The van der Waals surface area contributed by atoms with E-state index in [0.717, 1.165) is 5.39 Å². The molecule has 2 atom stereocenters. The third-order valence-electron chi connectivity index (χ3n) is 6.66. The number of alkyl halides is 2. The Balaban J connectivity index is 1.29. The van der Waals surface area contributed by atoms with Crippen molar-refractivity contribution in [1.29, 1.82) is 0 Å². The predicted octanol–water partition coefficient (Wildman–Crippen LogP) is 3.65. The van der Waals surface area contributed by atoms with E-state index >= 15 is 0 Å². The number of nitrogens with one attached hydrogen (secondary N) is 2. The van der Waals surface area contributed by atoms with Crippen LogP contribution in [0.1, 0.15) is 49.1 Å². The maximum atomic E-state index is 14.6. The summed E-state index contributed by atoms with van der Waals surface area (Å²) in [5.74, 6) is -3.37. The smallest absolute Gasteiger partial charge is 0.257 e. The molecule has 2 aliphatic rings. The molecule has 0 aromatic carbocycles. The summed E-state index contributed by atoms with van der Waals surface area (Å²) in [6, 6.07) is 7.74. The van der Waals surface area contributed by atoms with Crippen molar-refractivity contribution in [1.82, 2.24) is 19.9 Å². The Bertz CT molecular complexity index is 1240. The average Bonchev–Trinajstić information content (AvgIpc) is 3.64. The average molecular weight is 453 g/mol. The standard InChI is InChI=1S/C24H25F2N5O2/c1-14(31-9-8-24(25,26)19(13-31)17-5-7-21(32)27-11-17)23(33)30-20-6-4-16-10-18(15-2-3-15)12-28-22(16)29-20/h4-7,10-12,14-15,19H,2-3,8-9,13H2,1H3,(H,27,32)(H,28,29,30,33)/t14?,19-/m1/s1. The van der Waals surface area contributed by atoms with Gasteiger partial charge in [-0.15, -0.1) is 0 Å². The number of hydrogen-bond acceptors (Lipinski definition) is 5. The molecule has 2 fully saturated rings. The minimum absolute atomic E-state index is 0.00424. The molecule has 1 aliphatic heterocycles. The number of piperidine rings is 1. The number of carbonyl (C=O) groups is 1. The third kappa shape index (κ3) is 4.50. The van der Waals surface area contributed by atoms with E-state index in [4.69, 9.17) is 0 Å². The normalized spacial score (nSPS) is 21.6. The van der Waals surface area contributed by atoms with Gasteiger partial charge in [-0.2, -0.15) is 0 Å². The quantitative estimate of drug-likeness (QED) is 0.616. The lowest BCUT2D eigenvalue weighted by Crippen LogP contribution is -2.52. The highest BCUT2D eigenvalue weighted by Crippen LogP contribution is 2.41. The van der Waals surface area contributed by atoms with Gasteiger partial charge in [-0.3, -0.25) is 14.5 Å². The van der Waals surface area contributed by atoms with Gasteiger partial charge in [0.25, 0.3) is 5.92 Å².